The Labute approximate surface area is 105 Å². The third-order valence-electron chi connectivity index (χ3n) is 3.07. The molecule has 1 saturated carbocycles. The Balaban J connectivity index is 2.30. The number of nitrogens with one attached hydrogen (secondary N) is 1. The first kappa shape index (κ1) is 13.0. The number of sulfonamides is 1. The van der Waals surface area contributed by atoms with Crippen molar-refractivity contribution in [3.8, 4) is 6.07 Å². The van der Waals surface area contributed by atoms with E-state index in [-0.39, 0.29) is 10.9 Å². The van der Waals surface area contributed by atoms with E-state index in [0.29, 0.717) is 5.92 Å². The van der Waals surface area contributed by atoms with Gasteiger partial charge in [-0.2, -0.15) is 5.26 Å². The lowest BCUT2D eigenvalue weighted by molar-refractivity contribution is 0.270. The van der Waals surface area contributed by atoms with Crippen LogP contribution in [0.4, 0.5) is 4.39 Å². The first-order valence-corrected chi connectivity index (χ1v) is 7.13. The lowest BCUT2D eigenvalue weighted by atomic mass is 9.83. The molecule has 0 aromatic heterocycles. The second-order valence-corrected chi connectivity index (χ2v) is 6.30. The van der Waals surface area contributed by atoms with E-state index in [9.17, 15) is 12.8 Å². The molecule has 6 heteroatoms. The van der Waals surface area contributed by atoms with Gasteiger partial charge in [0.25, 0.3) is 0 Å². The van der Waals surface area contributed by atoms with Crippen molar-refractivity contribution in [2.24, 2.45) is 5.92 Å². The molecule has 1 aliphatic rings. The molecule has 2 rings (SSSR count). The SMILES string of the molecule is CC1CC(NS(=O)(=O)c2cccc(F)c2C#N)C1. The molecule has 0 saturated heterocycles. The summed E-state index contributed by atoms with van der Waals surface area (Å²) >= 11 is 0. The fourth-order valence-electron chi connectivity index (χ4n) is 2.12. The summed E-state index contributed by atoms with van der Waals surface area (Å²) in [5.74, 6) is -0.317. The summed E-state index contributed by atoms with van der Waals surface area (Å²) < 4.78 is 39.9. The number of hydrogen-bond donors (Lipinski definition) is 1. The Kier molecular flexibility index (Phi) is 3.37. The third kappa shape index (κ3) is 2.37. The summed E-state index contributed by atoms with van der Waals surface area (Å²) in [6.07, 6.45) is 1.55. The zero-order valence-electron chi connectivity index (χ0n) is 9.85. The predicted octanol–water partition coefficient (Wildman–Crippen LogP) is 1.77. The monoisotopic (exact) mass is 268 g/mol. The van der Waals surface area contributed by atoms with Gasteiger partial charge in [0.2, 0.25) is 10.0 Å². The van der Waals surface area contributed by atoms with Crippen LogP contribution in [0.25, 0.3) is 0 Å². The summed E-state index contributed by atoms with van der Waals surface area (Å²) in [5.41, 5.74) is -0.433. The first-order chi connectivity index (χ1) is 8.44. The van der Waals surface area contributed by atoms with E-state index < -0.39 is 21.4 Å². The van der Waals surface area contributed by atoms with Crippen molar-refractivity contribution in [3.05, 3.63) is 29.6 Å². The Morgan fingerprint density at radius 3 is 2.67 bits per heavy atom. The second kappa shape index (κ2) is 4.67. The summed E-state index contributed by atoms with van der Waals surface area (Å²) in [7, 11) is -3.82. The van der Waals surface area contributed by atoms with E-state index in [0.717, 1.165) is 18.9 Å². The van der Waals surface area contributed by atoms with Gasteiger partial charge in [0, 0.05) is 6.04 Å². The van der Waals surface area contributed by atoms with Crippen LogP contribution in [0.3, 0.4) is 0 Å². The van der Waals surface area contributed by atoms with Gasteiger partial charge in [-0.25, -0.2) is 17.5 Å². The van der Waals surface area contributed by atoms with Gasteiger partial charge in [-0.1, -0.05) is 13.0 Å². The van der Waals surface area contributed by atoms with Gasteiger partial charge in [0.1, 0.15) is 22.3 Å². The molecule has 18 heavy (non-hydrogen) atoms. The van der Waals surface area contributed by atoms with Crippen molar-refractivity contribution in [2.75, 3.05) is 0 Å². The summed E-state index contributed by atoms with van der Waals surface area (Å²) in [5, 5.41) is 8.83. The van der Waals surface area contributed by atoms with E-state index >= 15 is 0 Å². The molecule has 0 heterocycles. The molecular formula is C12H13FN2O2S. The molecule has 0 atom stereocenters. The van der Waals surface area contributed by atoms with Crippen LogP contribution in [0.1, 0.15) is 25.3 Å². The number of nitrogens with zero attached hydrogens (tertiary/aromatic N) is 1. The van der Waals surface area contributed by atoms with Crippen molar-refractivity contribution < 1.29 is 12.8 Å². The smallest absolute Gasteiger partial charge is 0.208 e. The molecule has 0 unspecified atom stereocenters. The van der Waals surface area contributed by atoms with Crippen molar-refractivity contribution in [3.63, 3.8) is 0 Å². The predicted molar refractivity (Wildman–Crippen MR) is 63.6 cm³/mol. The molecule has 1 aliphatic carbocycles. The van der Waals surface area contributed by atoms with Gasteiger partial charge in [0.15, 0.2) is 0 Å². The fourth-order valence-corrected chi connectivity index (χ4v) is 3.55. The minimum absolute atomic E-state index is 0.111. The van der Waals surface area contributed by atoms with Crippen LogP contribution in [0, 0.1) is 23.1 Å². The zero-order chi connectivity index (χ0) is 13.3. The van der Waals surface area contributed by atoms with E-state index in [1.165, 1.54) is 12.1 Å². The maximum Gasteiger partial charge on any atom is 0.242 e. The standard InChI is InChI=1S/C12H13FN2O2S/c1-8-5-9(6-8)15-18(16,17)12-4-2-3-11(13)10(12)7-14/h2-4,8-9,15H,5-6H2,1H3. The highest BCUT2D eigenvalue weighted by Crippen LogP contribution is 2.28. The molecule has 1 aromatic carbocycles. The molecule has 1 fully saturated rings. The molecule has 1 N–H and O–H groups in total. The highest BCUT2D eigenvalue weighted by molar-refractivity contribution is 7.89. The van der Waals surface area contributed by atoms with Crippen LogP contribution < -0.4 is 4.72 Å². The van der Waals surface area contributed by atoms with Crippen LogP contribution in [0.5, 0.6) is 0 Å². The summed E-state index contributed by atoms with van der Waals surface area (Å²) in [6, 6.07) is 5.08. The Bertz CT molecular complexity index is 601. The second-order valence-electron chi connectivity index (χ2n) is 4.62. The Hall–Kier alpha value is -1.45. The molecular weight excluding hydrogens is 255 g/mol. The van der Waals surface area contributed by atoms with Gasteiger partial charge in [-0.3, -0.25) is 0 Å². The van der Waals surface area contributed by atoms with Gasteiger partial charge in [-0.05, 0) is 30.9 Å². The van der Waals surface area contributed by atoms with Crippen LogP contribution in [0.2, 0.25) is 0 Å². The van der Waals surface area contributed by atoms with Gasteiger partial charge < -0.3 is 0 Å². The lowest BCUT2D eigenvalue weighted by Crippen LogP contribution is -2.43. The molecule has 0 aliphatic heterocycles. The highest BCUT2D eigenvalue weighted by Gasteiger charge is 2.31. The normalized spacial score (nSPS) is 23.2. The quantitative estimate of drug-likeness (QED) is 0.908. The number of halogens is 1. The van der Waals surface area contributed by atoms with Crippen LogP contribution in [-0.2, 0) is 10.0 Å². The van der Waals surface area contributed by atoms with E-state index in [1.807, 2.05) is 6.92 Å². The minimum Gasteiger partial charge on any atom is -0.208 e. The van der Waals surface area contributed by atoms with Crippen LogP contribution in [-0.4, -0.2) is 14.5 Å². The molecule has 4 nitrogen and oxygen atoms in total. The molecule has 0 radical (unpaired) electrons. The molecule has 1 aromatic rings. The Morgan fingerprint density at radius 2 is 2.11 bits per heavy atom. The van der Waals surface area contributed by atoms with Crippen molar-refractivity contribution in [1.29, 1.82) is 5.26 Å². The summed E-state index contributed by atoms with van der Waals surface area (Å²) in [4.78, 5) is -0.287. The zero-order valence-corrected chi connectivity index (χ0v) is 10.7. The number of rotatable bonds is 3. The molecule has 0 bridgehead atoms. The van der Waals surface area contributed by atoms with Gasteiger partial charge >= 0.3 is 0 Å². The maximum absolute atomic E-state index is 13.4. The van der Waals surface area contributed by atoms with Crippen molar-refractivity contribution in [2.45, 2.75) is 30.7 Å². The van der Waals surface area contributed by atoms with Gasteiger partial charge in [0.05, 0.1) is 0 Å². The van der Waals surface area contributed by atoms with E-state index in [1.54, 1.807) is 6.07 Å². The minimum atomic E-state index is -3.82. The highest BCUT2D eigenvalue weighted by atomic mass is 32.2. The number of benzene rings is 1. The summed E-state index contributed by atoms with van der Waals surface area (Å²) in [6.45, 7) is 2.04. The molecule has 0 spiro atoms. The Morgan fingerprint density at radius 1 is 1.44 bits per heavy atom. The third-order valence-corrected chi connectivity index (χ3v) is 4.64. The lowest BCUT2D eigenvalue weighted by Gasteiger charge is -2.32. The average Bonchev–Trinajstić information content (AvgIpc) is 2.26. The van der Waals surface area contributed by atoms with E-state index in [4.69, 9.17) is 5.26 Å². The molecule has 96 valence electrons. The number of nitriles is 1. The molecule has 0 amide bonds. The number of hydrogen-bond acceptors (Lipinski definition) is 3. The van der Waals surface area contributed by atoms with E-state index in [2.05, 4.69) is 4.72 Å². The topological polar surface area (TPSA) is 70.0 Å². The van der Waals surface area contributed by atoms with Crippen LogP contribution >= 0.6 is 0 Å². The fraction of sp³-hybridized carbons (Fsp3) is 0.417. The first-order valence-electron chi connectivity index (χ1n) is 5.65. The largest absolute Gasteiger partial charge is 0.242 e. The van der Waals surface area contributed by atoms with Gasteiger partial charge in [-0.15, -0.1) is 0 Å². The maximum atomic E-state index is 13.4. The van der Waals surface area contributed by atoms with Crippen LogP contribution in [0.15, 0.2) is 23.1 Å². The van der Waals surface area contributed by atoms with Crippen molar-refractivity contribution >= 4 is 10.0 Å². The average molecular weight is 268 g/mol. The van der Waals surface area contributed by atoms with Crippen molar-refractivity contribution in [1.82, 2.24) is 4.72 Å².